The standard InChI is InChI=1S/C15H14BrNOS/c1-8-6-10(7-9(2)13(8)16)15-17-14-11(18)4-3-5-12(14)19-15/h6-7H,3-5H2,1-2H3. The molecule has 2 nitrogen and oxygen atoms in total. The Morgan fingerprint density at radius 1 is 1.21 bits per heavy atom. The quantitative estimate of drug-likeness (QED) is 0.755. The molecule has 3 rings (SSSR count). The van der Waals surface area contributed by atoms with Crippen molar-refractivity contribution >= 4 is 33.0 Å². The molecule has 1 aromatic heterocycles. The summed E-state index contributed by atoms with van der Waals surface area (Å²) in [5.41, 5.74) is 4.24. The molecule has 2 aromatic rings. The van der Waals surface area contributed by atoms with E-state index < -0.39 is 0 Å². The molecule has 19 heavy (non-hydrogen) atoms. The summed E-state index contributed by atoms with van der Waals surface area (Å²) in [7, 11) is 0. The molecule has 1 heterocycles. The third-order valence-corrected chi connectivity index (χ3v) is 5.87. The van der Waals surface area contributed by atoms with Gasteiger partial charge in [-0.25, -0.2) is 4.98 Å². The van der Waals surface area contributed by atoms with Crippen LogP contribution in [-0.2, 0) is 6.42 Å². The van der Waals surface area contributed by atoms with Crippen molar-refractivity contribution in [3.05, 3.63) is 38.3 Å². The fourth-order valence-corrected chi connectivity index (χ4v) is 3.80. The summed E-state index contributed by atoms with van der Waals surface area (Å²) < 4.78 is 1.15. The SMILES string of the molecule is Cc1cc(-c2nc3c(s2)CCCC3=O)cc(C)c1Br. The molecule has 4 heteroatoms. The molecular weight excluding hydrogens is 322 g/mol. The number of aromatic nitrogens is 1. The predicted molar refractivity (Wildman–Crippen MR) is 82.0 cm³/mol. The first-order valence-corrected chi connectivity index (χ1v) is 7.97. The van der Waals surface area contributed by atoms with Gasteiger partial charge in [0.1, 0.15) is 10.7 Å². The van der Waals surface area contributed by atoms with E-state index in [4.69, 9.17) is 0 Å². The molecule has 0 N–H and O–H groups in total. The Hall–Kier alpha value is -1.00. The van der Waals surface area contributed by atoms with Crippen LogP contribution in [0.2, 0.25) is 0 Å². The second-order valence-corrected chi connectivity index (χ2v) is 6.87. The van der Waals surface area contributed by atoms with Crippen LogP contribution in [-0.4, -0.2) is 10.8 Å². The Kier molecular flexibility index (Phi) is 3.31. The Morgan fingerprint density at radius 3 is 2.53 bits per heavy atom. The molecular formula is C15H14BrNOS. The number of halogens is 1. The van der Waals surface area contributed by atoms with E-state index >= 15 is 0 Å². The first-order valence-electron chi connectivity index (χ1n) is 6.36. The van der Waals surface area contributed by atoms with Gasteiger partial charge in [0.25, 0.3) is 0 Å². The number of aryl methyl sites for hydroxylation is 3. The molecule has 0 bridgehead atoms. The van der Waals surface area contributed by atoms with Crippen LogP contribution in [0.25, 0.3) is 10.6 Å². The van der Waals surface area contributed by atoms with Gasteiger partial charge in [-0.3, -0.25) is 4.79 Å². The van der Waals surface area contributed by atoms with E-state index in [0.29, 0.717) is 12.1 Å². The van der Waals surface area contributed by atoms with Crippen LogP contribution in [0.1, 0.15) is 39.3 Å². The van der Waals surface area contributed by atoms with Crippen molar-refractivity contribution in [2.45, 2.75) is 33.1 Å². The number of carbonyl (C=O) groups is 1. The lowest BCUT2D eigenvalue weighted by molar-refractivity contribution is 0.0968. The van der Waals surface area contributed by atoms with Crippen LogP contribution in [0.4, 0.5) is 0 Å². The number of carbonyl (C=O) groups excluding carboxylic acids is 1. The normalized spacial score (nSPS) is 14.6. The van der Waals surface area contributed by atoms with Gasteiger partial charge in [0, 0.05) is 21.3 Å². The van der Waals surface area contributed by atoms with Gasteiger partial charge >= 0.3 is 0 Å². The van der Waals surface area contributed by atoms with E-state index in [1.165, 1.54) is 11.1 Å². The van der Waals surface area contributed by atoms with Crippen molar-refractivity contribution < 1.29 is 4.79 Å². The van der Waals surface area contributed by atoms with Gasteiger partial charge < -0.3 is 0 Å². The van der Waals surface area contributed by atoms with Gasteiger partial charge in [-0.15, -0.1) is 11.3 Å². The highest BCUT2D eigenvalue weighted by molar-refractivity contribution is 9.10. The zero-order valence-corrected chi connectivity index (χ0v) is 13.3. The topological polar surface area (TPSA) is 30.0 Å². The number of benzene rings is 1. The summed E-state index contributed by atoms with van der Waals surface area (Å²) in [6.45, 7) is 4.17. The van der Waals surface area contributed by atoms with Crippen molar-refractivity contribution in [1.29, 1.82) is 0 Å². The Balaban J connectivity index is 2.10. The van der Waals surface area contributed by atoms with Gasteiger partial charge in [-0.05, 0) is 49.9 Å². The number of ketones is 1. The van der Waals surface area contributed by atoms with Crippen molar-refractivity contribution in [1.82, 2.24) is 4.98 Å². The fourth-order valence-electron chi connectivity index (χ4n) is 2.46. The average Bonchev–Trinajstić information content (AvgIpc) is 2.81. The number of fused-ring (bicyclic) bond motifs is 1. The minimum atomic E-state index is 0.203. The maximum atomic E-state index is 11.9. The summed E-state index contributed by atoms with van der Waals surface area (Å²) in [6, 6.07) is 4.26. The summed E-state index contributed by atoms with van der Waals surface area (Å²) >= 11 is 5.25. The van der Waals surface area contributed by atoms with Crippen LogP contribution >= 0.6 is 27.3 Å². The first-order chi connectivity index (χ1) is 9.06. The van der Waals surface area contributed by atoms with E-state index in [1.54, 1.807) is 11.3 Å². The van der Waals surface area contributed by atoms with Gasteiger partial charge in [0.2, 0.25) is 0 Å². The zero-order chi connectivity index (χ0) is 13.6. The van der Waals surface area contributed by atoms with Crippen molar-refractivity contribution in [2.24, 2.45) is 0 Å². The number of nitrogens with zero attached hydrogens (tertiary/aromatic N) is 1. The smallest absolute Gasteiger partial charge is 0.182 e. The van der Waals surface area contributed by atoms with Crippen LogP contribution in [0.15, 0.2) is 16.6 Å². The molecule has 0 spiro atoms. The summed E-state index contributed by atoms with van der Waals surface area (Å²) in [6.07, 6.45) is 2.60. The molecule has 1 aliphatic rings. The second-order valence-electron chi connectivity index (χ2n) is 4.99. The Bertz CT molecular complexity index is 652. The molecule has 0 fully saturated rings. The maximum absolute atomic E-state index is 11.9. The van der Waals surface area contributed by atoms with Gasteiger partial charge in [0.15, 0.2) is 5.78 Å². The number of hydrogen-bond donors (Lipinski definition) is 0. The molecule has 0 saturated carbocycles. The highest BCUT2D eigenvalue weighted by Crippen LogP contribution is 2.35. The van der Waals surface area contributed by atoms with E-state index in [1.807, 2.05) is 0 Å². The largest absolute Gasteiger partial charge is 0.292 e. The van der Waals surface area contributed by atoms with Crippen molar-refractivity contribution in [3.8, 4) is 10.6 Å². The van der Waals surface area contributed by atoms with E-state index in [-0.39, 0.29) is 5.78 Å². The minimum Gasteiger partial charge on any atom is -0.292 e. The minimum absolute atomic E-state index is 0.203. The van der Waals surface area contributed by atoms with Crippen LogP contribution in [0.5, 0.6) is 0 Å². The van der Waals surface area contributed by atoms with E-state index in [0.717, 1.165) is 32.8 Å². The molecule has 0 aliphatic heterocycles. The lowest BCUT2D eigenvalue weighted by atomic mass is 10.0. The number of hydrogen-bond acceptors (Lipinski definition) is 3. The number of thiazole rings is 1. The molecule has 1 aliphatic carbocycles. The molecule has 0 radical (unpaired) electrons. The molecule has 0 amide bonds. The average molecular weight is 336 g/mol. The van der Waals surface area contributed by atoms with E-state index in [2.05, 4.69) is 46.9 Å². The van der Waals surface area contributed by atoms with Gasteiger partial charge in [-0.2, -0.15) is 0 Å². The lowest BCUT2D eigenvalue weighted by Gasteiger charge is -2.06. The van der Waals surface area contributed by atoms with E-state index in [9.17, 15) is 4.79 Å². The van der Waals surface area contributed by atoms with Crippen molar-refractivity contribution in [3.63, 3.8) is 0 Å². The highest BCUT2D eigenvalue weighted by Gasteiger charge is 2.22. The Labute approximate surface area is 125 Å². The number of rotatable bonds is 1. The first kappa shape index (κ1) is 13.0. The summed E-state index contributed by atoms with van der Waals surface area (Å²) in [4.78, 5) is 17.6. The van der Waals surface area contributed by atoms with Crippen LogP contribution < -0.4 is 0 Å². The van der Waals surface area contributed by atoms with Crippen LogP contribution in [0.3, 0.4) is 0 Å². The fraction of sp³-hybridized carbons (Fsp3) is 0.333. The third kappa shape index (κ3) is 2.28. The third-order valence-electron chi connectivity index (χ3n) is 3.45. The number of Topliss-reactive ketones (excluding diaryl/α,β-unsaturated/α-hetero) is 1. The zero-order valence-electron chi connectivity index (χ0n) is 10.9. The monoisotopic (exact) mass is 335 g/mol. The summed E-state index contributed by atoms with van der Waals surface area (Å²) in [5.74, 6) is 0.203. The second kappa shape index (κ2) is 4.84. The highest BCUT2D eigenvalue weighted by atomic mass is 79.9. The van der Waals surface area contributed by atoms with Crippen molar-refractivity contribution in [2.75, 3.05) is 0 Å². The Morgan fingerprint density at radius 2 is 1.89 bits per heavy atom. The van der Waals surface area contributed by atoms with Gasteiger partial charge in [0.05, 0.1) is 0 Å². The molecule has 0 unspecified atom stereocenters. The lowest BCUT2D eigenvalue weighted by Crippen LogP contribution is -2.08. The van der Waals surface area contributed by atoms with Gasteiger partial charge in [-0.1, -0.05) is 15.9 Å². The van der Waals surface area contributed by atoms with Crippen LogP contribution in [0, 0.1) is 13.8 Å². The molecule has 1 aromatic carbocycles. The molecule has 0 saturated heterocycles. The molecule has 0 atom stereocenters. The predicted octanol–water partition coefficient (Wildman–Crippen LogP) is 4.71. The maximum Gasteiger partial charge on any atom is 0.182 e. The summed E-state index contributed by atoms with van der Waals surface area (Å²) in [5, 5.41) is 0.971. The molecule has 98 valence electrons.